The molecule has 0 spiro atoms. The monoisotopic (exact) mass is 265 g/mol. The van der Waals surface area contributed by atoms with Crippen molar-refractivity contribution in [2.45, 2.75) is 25.8 Å². The lowest BCUT2D eigenvalue weighted by molar-refractivity contribution is -0.143. The number of nitrogens with one attached hydrogen (secondary N) is 1. The Morgan fingerprint density at radius 2 is 1.84 bits per heavy atom. The van der Waals surface area contributed by atoms with Crippen molar-refractivity contribution in [2.24, 2.45) is 0 Å². The normalized spacial score (nSPS) is 12.1. The van der Waals surface area contributed by atoms with E-state index in [1.54, 1.807) is 12.1 Å². The molecule has 1 atom stereocenters. The van der Waals surface area contributed by atoms with Gasteiger partial charge in [0.25, 0.3) is 5.91 Å². The molecule has 5 heteroatoms. The summed E-state index contributed by atoms with van der Waals surface area (Å²) in [5.74, 6) is -0.702. The lowest BCUT2D eigenvalue weighted by Crippen LogP contribution is -2.44. The van der Waals surface area contributed by atoms with Gasteiger partial charge in [-0.1, -0.05) is 26.0 Å². The maximum absolute atomic E-state index is 11.9. The molecule has 1 aromatic rings. The Morgan fingerprint density at radius 1 is 1.26 bits per heavy atom. The Kier molecular flexibility index (Phi) is 5.51. The van der Waals surface area contributed by atoms with E-state index in [2.05, 4.69) is 23.9 Å². The third-order valence-electron chi connectivity index (χ3n) is 2.81. The van der Waals surface area contributed by atoms with Crippen LogP contribution in [0.5, 0.6) is 0 Å². The SMILES string of the molecule is COC(=O)[C@@H](CO)NC(=O)c1ccc(C(C)C)cc1. The van der Waals surface area contributed by atoms with E-state index in [0.29, 0.717) is 11.5 Å². The summed E-state index contributed by atoms with van der Waals surface area (Å²) in [5, 5.41) is 11.4. The van der Waals surface area contributed by atoms with Crippen molar-refractivity contribution in [3.8, 4) is 0 Å². The molecular weight excluding hydrogens is 246 g/mol. The molecule has 19 heavy (non-hydrogen) atoms. The Bertz CT molecular complexity index is 439. The minimum Gasteiger partial charge on any atom is -0.467 e. The molecule has 0 radical (unpaired) electrons. The summed E-state index contributed by atoms with van der Waals surface area (Å²) in [6, 6.07) is 6.08. The van der Waals surface area contributed by atoms with Crippen molar-refractivity contribution in [1.29, 1.82) is 0 Å². The van der Waals surface area contributed by atoms with Gasteiger partial charge in [0, 0.05) is 5.56 Å². The molecule has 1 aromatic carbocycles. The highest BCUT2D eigenvalue weighted by Crippen LogP contribution is 2.14. The standard InChI is InChI=1S/C14H19NO4/c1-9(2)10-4-6-11(7-5-10)13(17)15-12(8-16)14(18)19-3/h4-7,9,12,16H,8H2,1-3H3,(H,15,17)/t12-/m1/s1. The Morgan fingerprint density at radius 3 is 2.26 bits per heavy atom. The van der Waals surface area contributed by atoms with Crippen LogP contribution in [0.3, 0.4) is 0 Å². The van der Waals surface area contributed by atoms with Crippen molar-refractivity contribution in [2.75, 3.05) is 13.7 Å². The number of aliphatic hydroxyl groups excluding tert-OH is 1. The number of aliphatic hydroxyl groups is 1. The third-order valence-corrected chi connectivity index (χ3v) is 2.81. The number of esters is 1. The van der Waals surface area contributed by atoms with Crippen LogP contribution in [0.25, 0.3) is 0 Å². The van der Waals surface area contributed by atoms with Gasteiger partial charge in [-0.25, -0.2) is 4.79 Å². The molecule has 0 saturated heterocycles. The molecule has 0 saturated carbocycles. The zero-order valence-corrected chi connectivity index (χ0v) is 11.3. The van der Waals surface area contributed by atoms with Crippen LogP contribution < -0.4 is 5.32 Å². The van der Waals surface area contributed by atoms with Crippen molar-refractivity contribution < 1.29 is 19.4 Å². The smallest absolute Gasteiger partial charge is 0.330 e. The van der Waals surface area contributed by atoms with E-state index in [4.69, 9.17) is 5.11 Å². The molecule has 0 aliphatic rings. The van der Waals surface area contributed by atoms with Crippen molar-refractivity contribution in [3.05, 3.63) is 35.4 Å². The van der Waals surface area contributed by atoms with Crippen LogP contribution in [-0.2, 0) is 9.53 Å². The second kappa shape index (κ2) is 6.89. The first-order valence-electron chi connectivity index (χ1n) is 6.09. The number of hydrogen-bond donors (Lipinski definition) is 2. The average molecular weight is 265 g/mol. The number of hydrogen-bond acceptors (Lipinski definition) is 4. The van der Waals surface area contributed by atoms with Gasteiger partial charge in [0.1, 0.15) is 0 Å². The van der Waals surface area contributed by atoms with Crippen molar-refractivity contribution in [3.63, 3.8) is 0 Å². The van der Waals surface area contributed by atoms with Crippen LogP contribution in [0.1, 0.15) is 35.7 Å². The predicted molar refractivity (Wildman–Crippen MR) is 70.9 cm³/mol. The zero-order valence-electron chi connectivity index (χ0n) is 11.3. The number of benzene rings is 1. The Labute approximate surface area is 112 Å². The molecule has 0 aromatic heterocycles. The van der Waals surface area contributed by atoms with Gasteiger partial charge in [-0.15, -0.1) is 0 Å². The molecule has 0 bridgehead atoms. The van der Waals surface area contributed by atoms with Crippen molar-refractivity contribution in [1.82, 2.24) is 5.32 Å². The maximum atomic E-state index is 11.9. The Hall–Kier alpha value is -1.88. The highest BCUT2D eigenvalue weighted by Gasteiger charge is 2.21. The maximum Gasteiger partial charge on any atom is 0.330 e. The summed E-state index contributed by atoms with van der Waals surface area (Å²) in [4.78, 5) is 23.1. The summed E-state index contributed by atoms with van der Waals surface area (Å²) < 4.78 is 4.48. The second-order valence-electron chi connectivity index (χ2n) is 4.51. The number of amides is 1. The predicted octanol–water partition coefficient (Wildman–Crippen LogP) is 1.07. The summed E-state index contributed by atoms with van der Waals surface area (Å²) in [7, 11) is 1.20. The molecule has 0 fully saturated rings. The van der Waals surface area contributed by atoms with E-state index in [1.807, 2.05) is 12.1 Å². The van der Waals surface area contributed by atoms with E-state index in [9.17, 15) is 9.59 Å². The lowest BCUT2D eigenvalue weighted by atomic mass is 10.0. The van der Waals surface area contributed by atoms with Gasteiger partial charge >= 0.3 is 5.97 Å². The first-order chi connectivity index (χ1) is 8.99. The summed E-state index contributed by atoms with van der Waals surface area (Å²) in [5.41, 5.74) is 1.56. The second-order valence-corrected chi connectivity index (χ2v) is 4.51. The number of rotatable bonds is 5. The quantitative estimate of drug-likeness (QED) is 0.781. The van der Waals surface area contributed by atoms with Gasteiger partial charge < -0.3 is 15.2 Å². The van der Waals surface area contributed by atoms with E-state index < -0.39 is 24.5 Å². The molecule has 2 N–H and O–H groups in total. The molecule has 1 amide bonds. The fourth-order valence-electron chi connectivity index (χ4n) is 1.58. The summed E-state index contributed by atoms with van der Waals surface area (Å²) in [6.45, 7) is 3.63. The summed E-state index contributed by atoms with van der Waals surface area (Å²) in [6.07, 6.45) is 0. The van der Waals surface area contributed by atoms with Crippen LogP contribution in [-0.4, -0.2) is 36.7 Å². The largest absolute Gasteiger partial charge is 0.467 e. The first-order valence-corrected chi connectivity index (χ1v) is 6.09. The van der Waals surface area contributed by atoms with Gasteiger partial charge in [-0.2, -0.15) is 0 Å². The number of ether oxygens (including phenoxy) is 1. The molecule has 1 rings (SSSR count). The molecule has 0 aliphatic heterocycles. The van der Waals surface area contributed by atoms with E-state index >= 15 is 0 Å². The first kappa shape index (κ1) is 15.2. The number of carbonyl (C=O) groups is 2. The summed E-state index contributed by atoms with van der Waals surface area (Å²) >= 11 is 0. The molecule has 104 valence electrons. The minimum absolute atomic E-state index is 0.386. The molecule has 0 heterocycles. The third kappa shape index (κ3) is 4.06. The van der Waals surface area contributed by atoms with E-state index in [0.717, 1.165) is 5.56 Å². The lowest BCUT2D eigenvalue weighted by Gasteiger charge is -2.14. The molecule has 5 nitrogen and oxygen atoms in total. The van der Waals surface area contributed by atoms with Crippen LogP contribution in [0.15, 0.2) is 24.3 Å². The van der Waals surface area contributed by atoms with E-state index in [-0.39, 0.29) is 0 Å². The van der Waals surface area contributed by atoms with Crippen LogP contribution in [0.4, 0.5) is 0 Å². The highest BCUT2D eigenvalue weighted by molar-refractivity contribution is 5.96. The topological polar surface area (TPSA) is 75.6 Å². The van der Waals surface area contributed by atoms with Gasteiger partial charge in [-0.05, 0) is 23.6 Å². The highest BCUT2D eigenvalue weighted by atomic mass is 16.5. The zero-order chi connectivity index (χ0) is 14.4. The van der Waals surface area contributed by atoms with Crippen LogP contribution in [0, 0.1) is 0 Å². The molecular formula is C14H19NO4. The van der Waals surface area contributed by atoms with Gasteiger partial charge in [0.2, 0.25) is 0 Å². The van der Waals surface area contributed by atoms with Gasteiger partial charge in [0.05, 0.1) is 13.7 Å². The fraction of sp³-hybridized carbons (Fsp3) is 0.429. The van der Waals surface area contributed by atoms with E-state index in [1.165, 1.54) is 7.11 Å². The van der Waals surface area contributed by atoms with Gasteiger partial charge in [0.15, 0.2) is 6.04 Å². The van der Waals surface area contributed by atoms with Crippen LogP contribution >= 0.6 is 0 Å². The molecule has 0 unspecified atom stereocenters. The van der Waals surface area contributed by atoms with Crippen LogP contribution in [0.2, 0.25) is 0 Å². The Balaban J connectivity index is 2.74. The fourth-order valence-corrected chi connectivity index (χ4v) is 1.58. The number of methoxy groups -OCH3 is 1. The molecule has 0 aliphatic carbocycles. The average Bonchev–Trinajstić information content (AvgIpc) is 2.43. The van der Waals surface area contributed by atoms with Gasteiger partial charge in [-0.3, -0.25) is 4.79 Å². The van der Waals surface area contributed by atoms with Crippen molar-refractivity contribution >= 4 is 11.9 Å². The minimum atomic E-state index is -1.04. The number of carbonyl (C=O) groups excluding carboxylic acids is 2.